The van der Waals surface area contributed by atoms with Gasteiger partial charge in [-0.3, -0.25) is 4.90 Å². The maximum atomic E-state index is 10.1. The highest BCUT2D eigenvalue weighted by atomic mass is 35.5. The number of benzene rings is 1. The van der Waals surface area contributed by atoms with Gasteiger partial charge in [-0.15, -0.1) is 5.10 Å². The predicted octanol–water partition coefficient (Wildman–Crippen LogP) is 2.46. The zero-order chi connectivity index (χ0) is 21.7. The van der Waals surface area contributed by atoms with E-state index in [1.54, 1.807) is 18.5 Å². The Morgan fingerprint density at radius 3 is 2.87 bits per heavy atom. The fraction of sp³-hybridized carbons (Fsp3) is 0.636. The fourth-order valence-electron chi connectivity index (χ4n) is 3.65. The second-order valence-corrected chi connectivity index (χ2v) is 9.20. The summed E-state index contributed by atoms with van der Waals surface area (Å²) in [5.74, 6) is 0. The highest BCUT2D eigenvalue weighted by molar-refractivity contribution is 6.30. The first-order valence-corrected chi connectivity index (χ1v) is 11.0. The summed E-state index contributed by atoms with van der Waals surface area (Å²) in [5, 5.41) is 29.2. The van der Waals surface area contributed by atoms with E-state index in [0.29, 0.717) is 19.8 Å². The third kappa shape index (κ3) is 6.49. The number of ether oxygens (including phenoxy) is 1. The molecule has 2 aromatic rings. The van der Waals surface area contributed by atoms with E-state index in [9.17, 15) is 10.2 Å². The molecule has 0 saturated carbocycles. The molecular weight excluding hydrogens is 404 g/mol. The van der Waals surface area contributed by atoms with Crippen LogP contribution in [-0.4, -0.2) is 67.6 Å². The number of halogens is 1. The number of aromatic nitrogens is 3. The third-order valence-corrected chi connectivity index (χ3v) is 5.92. The predicted molar refractivity (Wildman–Crippen MR) is 116 cm³/mol. The standard InChI is InChI=1S/C22H33ClN4O3/c1-16-15-30-10-8-17-6-7-19(23)11-18(17)5-4-9-26(16)12-20-13-27(25-24-20)14-21(28)22(2,3)29/h6-7,11,13,16,21,28-29H,4-5,8-10,12,14-15H2,1-3H3/t16-,21?/m0/s1. The monoisotopic (exact) mass is 436 g/mol. The largest absolute Gasteiger partial charge is 0.388 e. The molecule has 2 N–H and O–H groups in total. The van der Waals surface area contributed by atoms with E-state index < -0.39 is 11.7 Å². The Bertz CT molecular complexity index is 821. The summed E-state index contributed by atoms with van der Waals surface area (Å²) in [6.07, 6.45) is 3.82. The van der Waals surface area contributed by atoms with Gasteiger partial charge >= 0.3 is 0 Å². The molecule has 0 radical (unpaired) electrons. The molecule has 0 spiro atoms. The maximum Gasteiger partial charge on any atom is 0.102 e. The summed E-state index contributed by atoms with van der Waals surface area (Å²) >= 11 is 6.21. The van der Waals surface area contributed by atoms with Gasteiger partial charge in [-0.25, -0.2) is 4.68 Å². The Morgan fingerprint density at radius 1 is 1.30 bits per heavy atom. The number of rotatable bonds is 5. The third-order valence-electron chi connectivity index (χ3n) is 5.68. The molecule has 0 bridgehead atoms. The van der Waals surface area contributed by atoms with Crippen LogP contribution in [0, 0.1) is 0 Å². The van der Waals surface area contributed by atoms with Crippen molar-refractivity contribution in [3.8, 4) is 0 Å². The highest BCUT2D eigenvalue weighted by Crippen LogP contribution is 2.20. The summed E-state index contributed by atoms with van der Waals surface area (Å²) in [5.41, 5.74) is 2.26. The van der Waals surface area contributed by atoms with Gasteiger partial charge in [0.2, 0.25) is 0 Å². The lowest BCUT2D eigenvalue weighted by molar-refractivity contribution is -0.0568. The summed E-state index contributed by atoms with van der Waals surface area (Å²) < 4.78 is 7.54. The highest BCUT2D eigenvalue weighted by Gasteiger charge is 2.25. The number of aliphatic hydroxyl groups excluding tert-OH is 1. The molecular formula is C22H33ClN4O3. The van der Waals surface area contributed by atoms with Crippen LogP contribution in [0.3, 0.4) is 0 Å². The van der Waals surface area contributed by atoms with Gasteiger partial charge < -0.3 is 14.9 Å². The van der Waals surface area contributed by atoms with E-state index in [4.69, 9.17) is 16.3 Å². The van der Waals surface area contributed by atoms with E-state index in [-0.39, 0.29) is 12.6 Å². The second-order valence-electron chi connectivity index (χ2n) is 8.76. The molecule has 2 heterocycles. The van der Waals surface area contributed by atoms with Gasteiger partial charge in [0.05, 0.1) is 31.1 Å². The van der Waals surface area contributed by atoms with Crippen molar-refractivity contribution >= 4 is 11.6 Å². The van der Waals surface area contributed by atoms with Crippen molar-refractivity contribution in [2.75, 3.05) is 19.8 Å². The molecule has 166 valence electrons. The lowest BCUT2D eigenvalue weighted by Gasteiger charge is -2.28. The van der Waals surface area contributed by atoms with E-state index in [0.717, 1.165) is 36.5 Å². The van der Waals surface area contributed by atoms with E-state index in [1.165, 1.54) is 11.1 Å². The molecule has 1 aliphatic heterocycles. The van der Waals surface area contributed by atoms with Crippen molar-refractivity contribution in [2.24, 2.45) is 0 Å². The minimum Gasteiger partial charge on any atom is -0.388 e. The Balaban J connectivity index is 1.65. The van der Waals surface area contributed by atoms with E-state index in [2.05, 4.69) is 34.3 Å². The topological polar surface area (TPSA) is 83.6 Å². The molecule has 3 rings (SSSR count). The van der Waals surface area contributed by atoms with Crippen LogP contribution in [0.5, 0.6) is 0 Å². The van der Waals surface area contributed by atoms with Crippen molar-refractivity contribution in [1.82, 2.24) is 19.9 Å². The summed E-state index contributed by atoms with van der Waals surface area (Å²) in [6, 6.07) is 6.39. The molecule has 1 aromatic carbocycles. The lowest BCUT2D eigenvalue weighted by Crippen LogP contribution is -2.39. The van der Waals surface area contributed by atoms with Crippen LogP contribution in [0.25, 0.3) is 0 Å². The fourth-order valence-corrected chi connectivity index (χ4v) is 3.84. The Morgan fingerprint density at radius 2 is 2.10 bits per heavy atom. The van der Waals surface area contributed by atoms with Crippen LogP contribution in [0.4, 0.5) is 0 Å². The zero-order valence-corrected chi connectivity index (χ0v) is 18.8. The Kier molecular flexibility index (Phi) is 7.87. The molecule has 1 aromatic heterocycles. The van der Waals surface area contributed by atoms with Crippen LogP contribution in [-0.2, 0) is 30.7 Å². The minimum atomic E-state index is -1.19. The molecule has 1 unspecified atom stereocenters. The van der Waals surface area contributed by atoms with Gasteiger partial charge in [0.15, 0.2) is 0 Å². The van der Waals surface area contributed by atoms with Crippen LogP contribution in [0.2, 0.25) is 5.02 Å². The average Bonchev–Trinajstić information content (AvgIpc) is 3.10. The Labute approximate surface area is 183 Å². The first-order chi connectivity index (χ1) is 14.2. The molecule has 30 heavy (non-hydrogen) atoms. The quantitative estimate of drug-likeness (QED) is 0.749. The van der Waals surface area contributed by atoms with Crippen molar-refractivity contribution in [1.29, 1.82) is 0 Å². The van der Waals surface area contributed by atoms with Crippen molar-refractivity contribution in [3.05, 3.63) is 46.2 Å². The lowest BCUT2D eigenvalue weighted by atomic mass is 10.0. The van der Waals surface area contributed by atoms with Crippen molar-refractivity contribution in [2.45, 2.75) is 70.9 Å². The zero-order valence-electron chi connectivity index (χ0n) is 18.1. The molecule has 7 nitrogen and oxygen atoms in total. The molecule has 8 heteroatoms. The van der Waals surface area contributed by atoms with Crippen LogP contribution in [0.15, 0.2) is 24.4 Å². The number of fused-ring (bicyclic) bond motifs is 1. The molecule has 0 amide bonds. The van der Waals surface area contributed by atoms with Crippen LogP contribution >= 0.6 is 11.6 Å². The normalized spacial score (nSPS) is 20.4. The van der Waals surface area contributed by atoms with Gasteiger partial charge in [-0.05, 0) is 69.8 Å². The summed E-state index contributed by atoms with van der Waals surface area (Å²) in [7, 11) is 0. The van der Waals surface area contributed by atoms with Gasteiger partial charge in [0.25, 0.3) is 0 Å². The van der Waals surface area contributed by atoms with Crippen molar-refractivity contribution < 1.29 is 14.9 Å². The number of hydrogen-bond acceptors (Lipinski definition) is 6. The van der Waals surface area contributed by atoms with Crippen LogP contribution < -0.4 is 0 Å². The molecule has 0 aliphatic carbocycles. The molecule has 0 saturated heterocycles. The van der Waals surface area contributed by atoms with Crippen molar-refractivity contribution in [3.63, 3.8) is 0 Å². The van der Waals surface area contributed by atoms with Crippen LogP contribution in [0.1, 0.15) is 44.0 Å². The number of nitrogens with zero attached hydrogens (tertiary/aromatic N) is 4. The first kappa shape index (κ1) is 23.2. The van der Waals surface area contributed by atoms with Gasteiger partial charge in [-0.2, -0.15) is 0 Å². The number of hydrogen-bond donors (Lipinski definition) is 2. The summed E-state index contributed by atoms with van der Waals surface area (Å²) in [4.78, 5) is 2.36. The SMILES string of the molecule is C[C@H]1COCCc2ccc(Cl)cc2CCCN1Cc1cn(CC(O)C(C)(C)O)nn1. The average molecular weight is 437 g/mol. The molecule has 1 aliphatic rings. The second kappa shape index (κ2) is 10.2. The Hall–Kier alpha value is -1.51. The smallest absolute Gasteiger partial charge is 0.102 e. The number of aryl methyl sites for hydroxylation is 1. The van der Waals surface area contributed by atoms with Gasteiger partial charge in [0.1, 0.15) is 6.10 Å². The maximum absolute atomic E-state index is 10.1. The molecule has 0 fully saturated rings. The first-order valence-electron chi connectivity index (χ1n) is 10.6. The minimum absolute atomic E-state index is 0.201. The van der Waals surface area contributed by atoms with E-state index >= 15 is 0 Å². The van der Waals surface area contributed by atoms with E-state index in [1.807, 2.05) is 12.3 Å². The van der Waals surface area contributed by atoms with Gasteiger partial charge in [0, 0.05) is 23.8 Å². The summed E-state index contributed by atoms with van der Waals surface area (Å²) in [6.45, 7) is 8.46. The number of aliphatic hydroxyl groups is 2. The molecule has 2 atom stereocenters. The van der Waals surface area contributed by atoms with Gasteiger partial charge in [-0.1, -0.05) is 22.9 Å².